The Labute approximate surface area is 239 Å². The monoisotopic (exact) mass is 638 g/mol. The molecule has 0 amide bonds. The van der Waals surface area contributed by atoms with Gasteiger partial charge >= 0.3 is 27.6 Å². The molecule has 18 nitrogen and oxygen atoms in total. The van der Waals surface area contributed by atoms with Gasteiger partial charge in [0.2, 0.25) is 0 Å². The molecule has 0 aliphatic rings. The lowest BCUT2D eigenvalue weighted by atomic mass is 10.1. The van der Waals surface area contributed by atoms with Crippen LogP contribution in [-0.4, -0.2) is 97.9 Å². The second-order valence-corrected chi connectivity index (χ2v) is 11.6. The zero-order valence-corrected chi connectivity index (χ0v) is 24.3. The molecule has 234 valence electrons. The number of carboxylic acids is 2. The number of aryl methyl sites for hydroxylation is 2. The van der Waals surface area contributed by atoms with Crippen LogP contribution < -0.4 is 0 Å². The molecular formula is C22H32N4O14P2. The van der Waals surface area contributed by atoms with E-state index in [-0.39, 0.29) is 71.6 Å². The van der Waals surface area contributed by atoms with Gasteiger partial charge in [0.25, 0.3) is 0 Å². The Hall–Kier alpha value is -3.02. The Bertz CT molecular complexity index is 1280. The number of hydrogen-bond donors (Lipinski definition) is 8. The van der Waals surface area contributed by atoms with E-state index < -0.39 is 53.9 Å². The average Bonchev–Trinajstić information content (AvgIpc) is 2.84. The summed E-state index contributed by atoms with van der Waals surface area (Å²) in [4.78, 5) is 69.7. The lowest BCUT2D eigenvalue weighted by Gasteiger charge is -2.27. The molecule has 0 unspecified atom stereocenters. The number of rotatable bonds is 17. The van der Waals surface area contributed by atoms with Crippen molar-refractivity contribution < 1.29 is 67.8 Å². The minimum atomic E-state index is -4.81. The van der Waals surface area contributed by atoms with Crippen molar-refractivity contribution in [3.05, 3.63) is 46.0 Å². The summed E-state index contributed by atoms with van der Waals surface area (Å²) in [6.07, 6.45) is 0. The van der Waals surface area contributed by atoms with Crippen LogP contribution in [0.5, 0.6) is 11.5 Å². The number of phosphoric acid groups is 2. The summed E-state index contributed by atoms with van der Waals surface area (Å²) in [6, 6.07) is 2.59. The van der Waals surface area contributed by atoms with Crippen molar-refractivity contribution in [3.8, 4) is 11.5 Å². The molecule has 0 radical (unpaired) electrons. The number of aromatic hydroxyl groups is 2. The van der Waals surface area contributed by atoms with Crippen LogP contribution in [0.15, 0.2) is 12.1 Å². The van der Waals surface area contributed by atoms with Gasteiger partial charge in [-0.05, 0) is 26.0 Å². The van der Waals surface area contributed by atoms with E-state index in [2.05, 4.69) is 19.0 Å². The highest BCUT2D eigenvalue weighted by molar-refractivity contribution is 7.46. The molecule has 2 rings (SSSR count). The molecule has 0 aromatic carbocycles. The topological polar surface area (TPSA) is 281 Å². The third kappa shape index (κ3) is 12.5. The van der Waals surface area contributed by atoms with E-state index in [1.807, 2.05) is 0 Å². The molecule has 2 aromatic rings. The standard InChI is InChI=1S/C22H32N4O14P2/c1-13-21(31)15(5-17(23-13)11-39-41(33,34)35)7-25(9-19(27)28)3-4-26(10-20(29)30)8-16-6-18(12-40-42(36,37)38)24-14(2)22(16)32/h5-6,31-32H,3-4,7-12H2,1-2H3,(H,27,28)(H,29,30)(H2,33,34,35)(H2,36,37,38). The normalized spacial score (nSPS) is 12.3. The number of pyridine rings is 2. The summed E-state index contributed by atoms with van der Waals surface area (Å²) in [5, 5.41) is 39.8. The van der Waals surface area contributed by atoms with Crippen LogP contribution >= 0.6 is 15.6 Å². The first-order valence-electron chi connectivity index (χ1n) is 12.0. The van der Waals surface area contributed by atoms with E-state index >= 15 is 0 Å². The predicted molar refractivity (Wildman–Crippen MR) is 141 cm³/mol. The first kappa shape index (κ1) is 35.2. The summed E-state index contributed by atoms with van der Waals surface area (Å²) >= 11 is 0. The highest BCUT2D eigenvalue weighted by Crippen LogP contribution is 2.38. The third-order valence-electron chi connectivity index (χ3n) is 5.60. The maximum atomic E-state index is 11.6. The van der Waals surface area contributed by atoms with Crippen molar-refractivity contribution in [3.63, 3.8) is 0 Å². The largest absolute Gasteiger partial charge is 0.506 e. The van der Waals surface area contributed by atoms with Gasteiger partial charge in [0, 0.05) is 37.3 Å². The second-order valence-electron chi connectivity index (χ2n) is 9.15. The lowest BCUT2D eigenvalue weighted by Crippen LogP contribution is -2.39. The van der Waals surface area contributed by atoms with Crippen LogP contribution in [-0.2, 0) is 54.1 Å². The molecule has 0 bridgehead atoms. The van der Waals surface area contributed by atoms with Gasteiger partial charge in [-0.15, -0.1) is 0 Å². The molecule has 8 N–H and O–H groups in total. The number of carbonyl (C=O) groups is 2. The van der Waals surface area contributed by atoms with E-state index in [0.717, 1.165) is 0 Å². The lowest BCUT2D eigenvalue weighted by molar-refractivity contribution is -0.140. The van der Waals surface area contributed by atoms with Crippen LogP contribution in [0.4, 0.5) is 0 Å². The van der Waals surface area contributed by atoms with E-state index in [1.165, 1.54) is 35.8 Å². The highest BCUT2D eigenvalue weighted by Gasteiger charge is 2.22. The summed E-state index contributed by atoms with van der Waals surface area (Å²) < 4.78 is 31.0. The molecule has 0 aliphatic carbocycles. The smallest absolute Gasteiger partial charge is 0.469 e. The van der Waals surface area contributed by atoms with Gasteiger partial charge in [0.05, 0.1) is 35.9 Å². The Morgan fingerprint density at radius 3 is 1.36 bits per heavy atom. The molecule has 0 aliphatic heterocycles. The summed E-state index contributed by atoms with van der Waals surface area (Å²) in [5.74, 6) is -3.02. The maximum absolute atomic E-state index is 11.6. The molecule has 0 spiro atoms. The maximum Gasteiger partial charge on any atom is 0.469 e. The number of aromatic nitrogens is 2. The minimum absolute atomic E-state index is 0.0479. The van der Waals surface area contributed by atoms with Gasteiger partial charge in [-0.2, -0.15) is 0 Å². The van der Waals surface area contributed by atoms with Crippen LogP contribution in [0, 0.1) is 13.8 Å². The van der Waals surface area contributed by atoms with Crippen molar-refractivity contribution in [2.75, 3.05) is 26.2 Å². The molecule has 20 heteroatoms. The van der Waals surface area contributed by atoms with Gasteiger partial charge in [-0.1, -0.05) is 0 Å². The van der Waals surface area contributed by atoms with Gasteiger partial charge in [-0.25, -0.2) is 9.13 Å². The molecule has 2 heterocycles. The summed E-state index contributed by atoms with van der Waals surface area (Å²) in [5.41, 5.74) is 0.676. The highest BCUT2D eigenvalue weighted by atomic mass is 31.2. The van der Waals surface area contributed by atoms with Crippen LogP contribution in [0.25, 0.3) is 0 Å². The van der Waals surface area contributed by atoms with Gasteiger partial charge in [0.15, 0.2) is 0 Å². The molecular weight excluding hydrogens is 606 g/mol. The van der Waals surface area contributed by atoms with E-state index in [1.54, 1.807) is 0 Å². The molecule has 0 saturated heterocycles. The van der Waals surface area contributed by atoms with Crippen molar-refractivity contribution in [1.29, 1.82) is 0 Å². The van der Waals surface area contributed by atoms with Crippen molar-refractivity contribution >= 4 is 27.6 Å². The third-order valence-corrected chi connectivity index (χ3v) is 6.53. The Balaban J connectivity index is 2.27. The summed E-state index contributed by atoms with van der Waals surface area (Å²) in [7, 11) is -9.62. The summed E-state index contributed by atoms with van der Waals surface area (Å²) in [6.45, 7) is 0.195. The Kier molecular flexibility index (Phi) is 12.5. The van der Waals surface area contributed by atoms with Crippen LogP contribution in [0.2, 0.25) is 0 Å². The fraction of sp³-hybridized carbons (Fsp3) is 0.455. The molecule has 42 heavy (non-hydrogen) atoms. The molecule has 2 aromatic heterocycles. The second kappa shape index (κ2) is 14.9. The van der Waals surface area contributed by atoms with Crippen molar-refractivity contribution in [2.24, 2.45) is 0 Å². The first-order chi connectivity index (χ1) is 19.3. The fourth-order valence-corrected chi connectivity index (χ4v) is 4.47. The predicted octanol–water partition coefficient (Wildman–Crippen LogP) is 0.197. The first-order valence-corrected chi connectivity index (χ1v) is 15.0. The molecule has 0 fully saturated rings. The minimum Gasteiger partial charge on any atom is -0.506 e. The van der Waals surface area contributed by atoms with Crippen molar-refractivity contribution in [2.45, 2.75) is 40.2 Å². The van der Waals surface area contributed by atoms with E-state index in [4.69, 9.17) is 19.6 Å². The van der Waals surface area contributed by atoms with Gasteiger partial charge in [0.1, 0.15) is 24.7 Å². The SMILES string of the molecule is Cc1nc(COP(=O)(O)O)cc(CN(CCN(CC(=O)O)Cc2cc(COP(=O)(O)O)nc(C)c2O)CC(=O)O)c1O. The van der Waals surface area contributed by atoms with Gasteiger partial charge in [-0.3, -0.25) is 38.4 Å². The quantitative estimate of drug-likeness (QED) is 0.107. The number of carboxylic acid groups (broad SMARTS) is 2. The number of hydrogen-bond acceptors (Lipinski definition) is 12. The van der Waals surface area contributed by atoms with Gasteiger partial charge < -0.3 is 40.0 Å². The Morgan fingerprint density at radius 1 is 0.738 bits per heavy atom. The molecule has 0 atom stereocenters. The average molecular weight is 638 g/mol. The fourth-order valence-electron chi connectivity index (χ4n) is 3.87. The van der Waals surface area contributed by atoms with Crippen LogP contribution in [0.1, 0.15) is 33.9 Å². The zero-order valence-electron chi connectivity index (χ0n) is 22.5. The zero-order chi connectivity index (χ0) is 31.8. The number of aliphatic carboxylic acids is 2. The van der Waals surface area contributed by atoms with Crippen molar-refractivity contribution in [1.82, 2.24) is 19.8 Å². The number of phosphoric ester groups is 2. The van der Waals surface area contributed by atoms with E-state index in [9.17, 15) is 39.1 Å². The van der Waals surface area contributed by atoms with Crippen LogP contribution in [0.3, 0.4) is 0 Å². The van der Waals surface area contributed by atoms with E-state index in [0.29, 0.717) is 0 Å². The number of nitrogens with zero attached hydrogens (tertiary/aromatic N) is 4. The molecule has 0 saturated carbocycles. The Morgan fingerprint density at radius 2 is 1.07 bits per heavy atom.